The molecule has 1 atom stereocenters. The first-order valence-electron chi connectivity index (χ1n) is 6.60. The smallest absolute Gasteiger partial charge is 0.237 e. The molecule has 3 N–H and O–H groups in total. The SMILES string of the molecule is CC(C)NC(=O)C(C)N1CCC(C)(C(N)=S)CC1. The number of nitrogens with one attached hydrogen (secondary N) is 1. The third kappa shape index (κ3) is 3.65. The quantitative estimate of drug-likeness (QED) is 0.757. The summed E-state index contributed by atoms with van der Waals surface area (Å²) in [6, 6.07) is 0.106. The van der Waals surface area contributed by atoms with Gasteiger partial charge in [0.05, 0.1) is 11.0 Å². The minimum Gasteiger partial charge on any atom is -0.393 e. The number of nitrogens with two attached hydrogens (primary N) is 1. The van der Waals surface area contributed by atoms with Gasteiger partial charge in [-0.05, 0) is 46.7 Å². The number of nitrogens with zero attached hydrogens (tertiary/aromatic N) is 1. The highest BCUT2D eigenvalue weighted by Gasteiger charge is 2.35. The van der Waals surface area contributed by atoms with Gasteiger partial charge in [0.25, 0.3) is 0 Å². The van der Waals surface area contributed by atoms with E-state index in [1.807, 2.05) is 20.8 Å². The Hall–Kier alpha value is -0.680. The van der Waals surface area contributed by atoms with Gasteiger partial charge >= 0.3 is 0 Å². The van der Waals surface area contributed by atoms with Gasteiger partial charge in [0.2, 0.25) is 5.91 Å². The van der Waals surface area contributed by atoms with E-state index >= 15 is 0 Å². The number of hydrogen-bond acceptors (Lipinski definition) is 3. The Kier molecular flexibility index (Phi) is 5.10. The van der Waals surface area contributed by atoms with Gasteiger partial charge < -0.3 is 11.1 Å². The fourth-order valence-corrected chi connectivity index (χ4v) is 2.43. The third-order valence-corrected chi connectivity index (χ3v) is 4.35. The molecule has 0 aliphatic carbocycles. The minimum atomic E-state index is -0.0803. The molecular weight excluding hydrogens is 246 g/mol. The first kappa shape index (κ1) is 15.4. The number of hydrogen-bond donors (Lipinski definition) is 2. The van der Waals surface area contributed by atoms with Crippen molar-refractivity contribution in [3.05, 3.63) is 0 Å². The van der Waals surface area contributed by atoms with Crippen molar-refractivity contribution in [1.82, 2.24) is 10.2 Å². The lowest BCUT2D eigenvalue weighted by Gasteiger charge is -2.40. The van der Waals surface area contributed by atoms with Gasteiger partial charge in [0.15, 0.2) is 0 Å². The third-order valence-electron chi connectivity index (χ3n) is 3.85. The highest BCUT2D eigenvalue weighted by Crippen LogP contribution is 2.31. The number of carbonyl (C=O) groups excluding carboxylic acids is 1. The first-order valence-corrected chi connectivity index (χ1v) is 7.01. The Morgan fingerprint density at radius 1 is 1.33 bits per heavy atom. The van der Waals surface area contributed by atoms with Crippen molar-refractivity contribution in [1.29, 1.82) is 0 Å². The average Bonchev–Trinajstić information content (AvgIpc) is 2.28. The molecule has 5 heteroatoms. The van der Waals surface area contributed by atoms with Crippen LogP contribution in [-0.4, -0.2) is 41.0 Å². The molecule has 0 saturated carbocycles. The van der Waals surface area contributed by atoms with Crippen LogP contribution in [-0.2, 0) is 4.79 Å². The van der Waals surface area contributed by atoms with E-state index in [2.05, 4.69) is 17.1 Å². The van der Waals surface area contributed by atoms with E-state index in [9.17, 15) is 4.79 Å². The second-order valence-electron chi connectivity index (χ2n) is 5.80. The van der Waals surface area contributed by atoms with E-state index in [4.69, 9.17) is 18.0 Å². The molecule has 1 heterocycles. The van der Waals surface area contributed by atoms with Crippen molar-refractivity contribution in [3.8, 4) is 0 Å². The molecule has 1 aliphatic rings. The first-order chi connectivity index (χ1) is 8.26. The van der Waals surface area contributed by atoms with E-state index in [0.29, 0.717) is 4.99 Å². The molecule has 0 radical (unpaired) electrons. The average molecular weight is 271 g/mol. The Balaban J connectivity index is 2.52. The second-order valence-corrected chi connectivity index (χ2v) is 6.24. The van der Waals surface area contributed by atoms with Crippen LogP contribution >= 0.6 is 12.2 Å². The molecule has 1 rings (SSSR count). The van der Waals surface area contributed by atoms with Crippen molar-refractivity contribution in [3.63, 3.8) is 0 Å². The highest BCUT2D eigenvalue weighted by molar-refractivity contribution is 7.80. The molecule has 0 aromatic carbocycles. The van der Waals surface area contributed by atoms with Gasteiger partial charge in [0, 0.05) is 11.5 Å². The van der Waals surface area contributed by atoms with Crippen LogP contribution in [0.2, 0.25) is 0 Å². The molecule has 104 valence electrons. The van der Waals surface area contributed by atoms with Crippen LogP contribution in [0.4, 0.5) is 0 Å². The van der Waals surface area contributed by atoms with E-state index in [1.54, 1.807) is 0 Å². The number of amides is 1. The zero-order valence-electron chi connectivity index (χ0n) is 11.8. The molecule has 1 amide bonds. The summed E-state index contributed by atoms with van der Waals surface area (Å²) in [5.74, 6) is 0.101. The summed E-state index contributed by atoms with van der Waals surface area (Å²) in [6.45, 7) is 9.78. The number of thiocarbonyl (C=S) groups is 1. The molecule has 1 aliphatic heterocycles. The van der Waals surface area contributed by atoms with Crippen LogP contribution in [0.25, 0.3) is 0 Å². The molecule has 0 aromatic rings. The molecule has 4 nitrogen and oxygen atoms in total. The second kappa shape index (κ2) is 5.97. The van der Waals surface area contributed by atoms with Crippen molar-refractivity contribution in [2.24, 2.45) is 11.1 Å². The molecule has 0 bridgehead atoms. The molecule has 18 heavy (non-hydrogen) atoms. The maximum Gasteiger partial charge on any atom is 0.237 e. The predicted molar refractivity (Wildman–Crippen MR) is 78.4 cm³/mol. The summed E-state index contributed by atoms with van der Waals surface area (Å²) >= 11 is 5.12. The van der Waals surface area contributed by atoms with E-state index in [-0.39, 0.29) is 23.4 Å². The number of likely N-dealkylation sites (tertiary alicyclic amines) is 1. The van der Waals surface area contributed by atoms with Gasteiger partial charge in [0.1, 0.15) is 0 Å². The van der Waals surface area contributed by atoms with Crippen molar-refractivity contribution >= 4 is 23.1 Å². The Labute approximate surface area is 115 Å². The largest absolute Gasteiger partial charge is 0.393 e. The maximum absolute atomic E-state index is 11.9. The zero-order chi connectivity index (χ0) is 13.9. The summed E-state index contributed by atoms with van der Waals surface area (Å²) in [4.78, 5) is 14.7. The summed E-state index contributed by atoms with van der Waals surface area (Å²) in [6.07, 6.45) is 1.86. The van der Waals surface area contributed by atoms with Gasteiger partial charge in [-0.2, -0.15) is 0 Å². The van der Waals surface area contributed by atoms with Crippen LogP contribution < -0.4 is 11.1 Å². The maximum atomic E-state index is 11.9. The molecule has 0 spiro atoms. The topological polar surface area (TPSA) is 58.4 Å². The molecular formula is C13H25N3OS. The fourth-order valence-electron chi connectivity index (χ4n) is 2.22. The van der Waals surface area contributed by atoms with Gasteiger partial charge in [-0.3, -0.25) is 9.69 Å². The summed E-state index contributed by atoms with van der Waals surface area (Å²) in [5.41, 5.74) is 5.74. The Morgan fingerprint density at radius 2 is 1.83 bits per heavy atom. The number of piperidine rings is 1. The van der Waals surface area contributed by atoms with E-state index < -0.39 is 0 Å². The van der Waals surface area contributed by atoms with Crippen molar-refractivity contribution < 1.29 is 4.79 Å². The van der Waals surface area contributed by atoms with Crippen LogP contribution in [0, 0.1) is 5.41 Å². The lowest BCUT2D eigenvalue weighted by atomic mass is 9.80. The lowest BCUT2D eigenvalue weighted by Crippen LogP contribution is -2.52. The number of rotatable bonds is 4. The monoisotopic (exact) mass is 271 g/mol. The van der Waals surface area contributed by atoms with Gasteiger partial charge in [-0.15, -0.1) is 0 Å². The Morgan fingerprint density at radius 3 is 2.22 bits per heavy atom. The fraction of sp³-hybridized carbons (Fsp3) is 0.846. The molecule has 0 aromatic heterocycles. The highest BCUT2D eigenvalue weighted by atomic mass is 32.1. The normalized spacial score (nSPS) is 21.6. The van der Waals surface area contributed by atoms with E-state index in [0.717, 1.165) is 25.9 Å². The van der Waals surface area contributed by atoms with Crippen molar-refractivity contribution in [2.75, 3.05) is 13.1 Å². The van der Waals surface area contributed by atoms with Crippen molar-refractivity contribution in [2.45, 2.75) is 52.6 Å². The van der Waals surface area contributed by atoms with Gasteiger partial charge in [-0.1, -0.05) is 19.1 Å². The zero-order valence-corrected chi connectivity index (χ0v) is 12.6. The van der Waals surface area contributed by atoms with Crippen LogP contribution in [0.3, 0.4) is 0 Å². The molecule has 1 fully saturated rings. The summed E-state index contributed by atoms with van der Waals surface area (Å²) < 4.78 is 0. The standard InChI is InChI=1S/C13H25N3OS/c1-9(2)15-11(17)10(3)16-7-5-13(4,6-8-16)12(14)18/h9-10H,5-8H2,1-4H3,(H2,14,18)(H,15,17). The van der Waals surface area contributed by atoms with E-state index in [1.165, 1.54) is 0 Å². The number of carbonyl (C=O) groups is 1. The lowest BCUT2D eigenvalue weighted by molar-refractivity contribution is -0.127. The molecule has 1 unspecified atom stereocenters. The van der Waals surface area contributed by atoms with Crippen LogP contribution in [0.15, 0.2) is 0 Å². The summed E-state index contributed by atoms with van der Waals surface area (Å²) in [7, 11) is 0. The Bertz CT molecular complexity index is 322. The van der Waals surface area contributed by atoms with Crippen LogP contribution in [0.5, 0.6) is 0 Å². The minimum absolute atomic E-state index is 0.0416. The summed E-state index contributed by atoms with van der Waals surface area (Å²) in [5, 5.41) is 2.95. The van der Waals surface area contributed by atoms with Crippen LogP contribution in [0.1, 0.15) is 40.5 Å². The predicted octanol–water partition coefficient (Wildman–Crippen LogP) is 1.29. The molecule has 1 saturated heterocycles. The van der Waals surface area contributed by atoms with Gasteiger partial charge in [-0.25, -0.2) is 0 Å².